The summed E-state index contributed by atoms with van der Waals surface area (Å²) in [5.41, 5.74) is 1.07. The number of carbonyl (C=O) groups excluding carboxylic acids is 1. The normalized spacial score (nSPS) is 17.3. The summed E-state index contributed by atoms with van der Waals surface area (Å²) < 4.78 is 0. The number of carbonyl (C=O) groups is 1. The lowest BCUT2D eigenvalue weighted by molar-refractivity contribution is -0.116. The SMILES string of the molecule is N#Cc1ccnc(S[C@@H]2CCN(c3sccc3C#N)C2=O)c1. The van der Waals surface area contributed by atoms with Crippen LogP contribution >= 0.6 is 23.1 Å². The molecule has 1 aliphatic heterocycles. The zero-order valence-corrected chi connectivity index (χ0v) is 13.0. The smallest absolute Gasteiger partial charge is 0.241 e. The van der Waals surface area contributed by atoms with Gasteiger partial charge in [0.25, 0.3) is 0 Å². The average molecular weight is 326 g/mol. The largest absolute Gasteiger partial charge is 0.302 e. The fraction of sp³-hybridized carbons (Fsp3) is 0.200. The first-order valence-electron chi connectivity index (χ1n) is 6.54. The quantitative estimate of drug-likeness (QED) is 0.866. The van der Waals surface area contributed by atoms with Crippen molar-refractivity contribution in [1.29, 1.82) is 10.5 Å². The Labute approximate surface area is 135 Å². The molecular formula is C15H10N4OS2. The minimum absolute atomic E-state index is 0.00638. The molecule has 2 aromatic heterocycles. The van der Waals surface area contributed by atoms with Crippen LogP contribution in [0.1, 0.15) is 17.5 Å². The van der Waals surface area contributed by atoms with E-state index in [0.717, 1.165) is 0 Å². The van der Waals surface area contributed by atoms with Crippen molar-refractivity contribution in [1.82, 2.24) is 4.98 Å². The third-order valence-electron chi connectivity index (χ3n) is 3.29. The molecule has 0 N–H and O–H groups in total. The van der Waals surface area contributed by atoms with Gasteiger partial charge in [-0.2, -0.15) is 10.5 Å². The fourth-order valence-corrected chi connectivity index (χ4v) is 4.19. The van der Waals surface area contributed by atoms with E-state index in [4.69, 9.17) is 10.5 Å². The Morgan fingerprint density at radius 1 is 1.36 bits per heavy atom. The molecule has 3 rings (SSSR count). The number of thioether (sulfide) groups is 1. The molecule has 1 saturated heterocycles. The number of nitrogens with zero attached hydrogens (tertiary/aromatic N) is 4. The van der Waals surface area contributed by atoms with Crippen molar-refractivity contribution in [3.05, 3.63) is 40.9 Å². The molecule has 0 bridgehead atoms. The lowest BCUT2D eigenvalue weighted by Crippen LogP contribution is -2.27. The molecule has 2 aromatic rings. The van der Waals surface area contributed by atoms with Gasteiger partial charge in [0, 0.05) is 12.7 Å². The minimum Gasteiger partial charge on any atom is -0.302 e. The molecule has 3 heterocycles. The van der Waals surface area contributed by atoms with Crippen molar-refractivity contribution >= 4 is 34.0 Å². The van der Waals surface area contributed by atoms with Crippen LogP contribution < -0.4 is 4.90 Å². The van der Waals surface area contributed by atoms with Gasteiger partial charge in [0.1, 0.15) is 11.1 Å². The number of pyridine rings is 1. The number of hydrogen-bond acceptors (Lipinski definition) is 6. The molecule has 5 nitrogen and oxygen atoms in total. The number of anilines is 1. The molecule has 0 aliphatic carbocycles. The Balaban J connectivity index is 1.77. The van der Waals surface area contributed by atoms with Gasteiger partial charge >= 0.3 is 0 Å². The monoisotopic (exact) mass is 326 g/mol. The summed E-state index contributed by atoms with van der Waals surface area (Å²) in [6.07, 6.45) is 2.27. The highest BCUT2D eigenvalue weighted by atomic mass is 32.2. The predicted molar refractivity (Wildman–Crippen MR) is 84.6 cm³/mol. The van der Waals surface area contributed by atoms with Crippen LogP contribution in [-0.4, -0.2) is 22.7 Å². The number of rotatable bonds is 3. The Bertz CT molecular complexity index is 802. The fourth-order valence-electron chi connectivity index (χ4n) is 2.25. The van der Waals surface area contributed by atoms with E-state index in [-0.39, 0.29) is 11.2 Å². The first-order chi connectivity index (χ1) is 10.7. The van der Waals surface area contributed by atoms with E-state index in [1.54, 1.807) is 29.3 Å². The molecule has 0 saturated carbocycles. The molecule has 0 radical (unpaired) electrons. The van der Waals surface area contributed by atoms with Gasteiger partial charge in [-0.3, -0.25) is 4.79 Å². The number of hydrogen-bond donors (Lipinski definition) is 0. The van der Waals surface area contributed by atoms with Gasteiger partial charge in [-0.1, -0.05) is 11.8 Å². The van der Waals surface area contributed by atoms with Gasteiger partial charge in [0.2, 0.25) is 5.91 Å². The van der Waals surface area contributed by atoms with Crippen molar-refractivity contribution in [3.63, 3.8) is 0 Å². The van der Waals surface area contributed by atoms with Gasteiger partial charge in [0.15, 0.2) is 0 Å². The van der Waals surface area contributed by atoms with Gasteiger partial charge in [0.05, 0.1) is 27.5 Å². The summed E-state index contributed by atoms with van der Waals surface area (Å²) in [7, 11) is 0. The highest BCUT2D eigenvalue weighted by Crippen LogP contribution is 2.36. The molecule has 7 heteroatoms. The van der Waals surface area contributed by atoms with Crippen LogP contribution in [0.4, 0.5) is 5.00 Å². The van der Waals surface area contributed by atoms with Gasteiger partial charge in [-0.15, -0.1) is 11.3 Å². The first kappa shape index (κ1) is 14.6. The molecule has 22 heavy (non-hydrogen) atoms. The van der Waals surface area contributed by atoms with Crippen LogP contribution in [0, 0.1) is 22.7 Å². The topological polar surface area (TPSA) is 80.8 Å². The van der Waals surface area contributed by atoms with Crippen LogP contribution in [0.3, 0.4) is 0 Å². The molecule has 0 spiro atoms. The number of amides is 1. The summed E-state index contributed by atoms with van der Waals surface area (Å²) >= 11 is 2.78. The number of thiophene rings is 1. The van der Waals surface area contributed by atoms with Gasteiger partial charge < -0.3 is 4.90 Å². The van der Waals surface area contributed by atoms with Crippen LogP contribution in [0.25, 0.3) is 0 Å². The molecule has 1 amide bonds. The minimum atomic E-state index is -0.227. The Kier molecular flexibility index (Phi) is 4.10. The first-order valence-corrected chi connectivity index (χ1v) is 8.30. The summed E-state index contributed by atoms with van der Waals surface area (Å²) in [6.45, 7) is 0.601. The maximum Gasteiger partial charge on any atom is 0.241 e. The van der Waals surface area contributed by atoms with Gasteiger partial charge in [-0.05, 0) is 30.0 Å². The molecule has 1 fully saturated rings. The third-order valence-corrected chi connectivity index (χ3v) is 5.42. The number of nitriles is 2. The summed E-state index contributed by atoms with van der Waals surface area (Å²) in [5, 5.41) is 21.0. The zero-order valence-electron chi connectivity index (χ0n) is 11.4. The standard InChI is InChI=1S/C15H10N4OS2/c16-8-10-1-4-18-13(7-10)22-12-2-5-19(14(12)20)15-11(9-17)3-6-21-15/h1,3-4,6-7,12H,2,5H2/t12-/m1/s1. The van der Waals surface area contributed by atoms with Crippen molar-refractivity contribution in [3.8, 4) is 12.1 Å². The predicted octanol–water partition coefficient (Wildman–Crippen LogP) is 2.78. The zero-order chi connectivity index (χ0) is 15.5. The maximum absolute atomic E-state index is 12.5. The van der Waals surface area contributed by atoms with E-state index in [1.165, 1.54) is 23.1 Å². The Morgan fingerprint density at radius 2 is 2.23 bits per heavy atom. The van der Waals surface area contributed by atoms with Crippen molar-refractivity contribution in [2.45, 2.75) is 16.7 Å². The van der Waals surface area contributed by atoms with Crippen molar-refractivity contribution < 1.29 is 4.79 Å². The van der Waals surface area contributed by atoms with E-state index in [0.29, 0.717) is 34.1 Å². The van der Waals surface area contributed by atoms with Crippen molar-refractivity contribution in [2.24, 2.45) is 0 Å². The Hall–Kier alpha value is -2.35. The molecule has 1 aliphatic rings. The average Bonchev–Trinajstić information content (AvgIpc) is 3.14. The molecular weight excluding hydrogens is 316 g/mol. The molecule has 0 aromatic carbocycles. The second-order valence-corrected chi connectivity index (χ2v) is 6.75. The van der Waals surface area contributed by atoms with E-state index < -0.39 is 0 Å². The van der Waals surface area contributed by atoms with Crippen LogP contribution in [0.5, 0.6) is 0 Å². The highest BCUT2D eigenvalue weighted by molar-refractivity contribution is 8.00. The van der Waals surface area contributed by atoms with E-state index in [9.17, 15) is 4.79 Å². The second kappa shape index (κ2) is 6.18. The van der Waals surface area contributed by atoms with Crippen LogP contribution in [0.15, 0.2) is 34.8 Å². The summed E-state index contributed by atoms with van der Waals surface area (Å²) in [4.78, 5) is 18.4. The van der Waals surface area contributed by atoms with Crippen LogP contribution in [-0.2, 0) is 4.79 Å². The molecule has 108 valence electrons. The summed E-state index contributed by atoms with van der Waals surface area (Å²) in [5.74, 6) is -0.00638. The molecule has 1 atom stereocenters. The van der Waals surface area contributed by atoms with E-state index in [2.05, 4.69) is 17.1 Å². The summed E-state index contributed by atoms with van der Waals surface area (Å²) in [6, 6.07) is 9.23. The lowest BCUT2D eigenvalue weighted by atomic mass is 10.3. The molecule has 0 unspecified atom stereocenters. The second-order valence-electron chi connectivity index (χ2n) is 4.63. The third kappa shape index (κ3) is 2.69. The van der Waals surface area contributed by atoms with Crippen LogP contribution in [0.2, 0.25) is 0 Å². The lowest BCUT2D eigenvalue weighted by Gasteiger charge is -2.14. The highest BCUT2D eigenvalue weighted by Gasteiger charge is 2.35. The van der Waals surface area contributed by atoms with Gasteiger partial charge in [-0.25, -0.2) is 4.98 Å². The number of aromatic nitrogens is 1. The van der Waals surface area contributed by atoms with E-state index >= 15 is 0 Å². The maximum atomic E-state index is 12.5. The Morgan fingerprint density at radius 3 is 3.00 bits per heavy atom. The van der Waals surface area contributed by atoms with Crippen molar-refractivity contribution in [2.75, 3.05) is 11.4 Å². The van der Waals surface area contributed by atoms with E-state index in [1.807, 2.05) is 5.38 Å².